The van der Waals surface area contributed by atoms with Gasteiger partial charge in [0.15, 0.2) is 5.11 Å². The number of pyridine rings is 1. The van der Waals surface area contributed by atoms with Gasteiger partial charge in [0.05, 0.1) is 16.7 Å². The number of aromatic nitrogens is 1. The van der Waals surface area contributed by atoms with Crippen LogP contribution in [-0.2, 0) is 0 Å². The van der Waals surface area contributed by atoms with E-state index in [1.54, 1.807) is 18.3 Å². The average Bonchev–Trinajstić information content (AvgIpc) is 3.33. The summed E-state index contributed by atoms with van der Waals surface area (Å²) in [6, 6.07) is 15.6. The molecule has 4 rings (SSSR count). The third kappa shape index (κ3) is 3.22. The van der Waals surface area contributed by atoms with E-state index in [1.807, 2.05) is 37.3 Å². The number of likely N-dealkylation sites (N-methyl/N-ethyl adjacent to an activating group) is 1. The third-order valence-corrected chi connectivity index (χ3v) is 5.15. The minimum absolute atomic E-state index is 0.0284. The molecule has 142 valence electrons. The lowest BCUT2D eigenvalue weighted by atomic mass is 10.0. The summed E-state index contributed by atoms with van der Waals surface area (Å²) in [5.41, 5.74) is 1.56. The topological polar surface area (TPSA) is 84.4 Å². The molecule has 1 aromatic carbocycles. The number of rotatable bonds is 5. The molecule has 7 nitrogen and oxygen atoms in total. The van der Waals surface area contributed by atoms with Crippen LogP contribution in [0.2, 0.25) is 0 Å². The Bertz CT molecular complexity index is 1020. The van der Waals surface area contributed by atoms with Gasteiger partial charge >= 0.3 is 0 Å². The van der Waals surface area contributed by atoms with Crippen molar-refractivity contribution < 1.29 is 9.34 Å². The van der Waals surface area contributed by atoms with Crippen molar-refractivity contribution >= 4 is 23.0 Å². The highest BCUT2D eigenvalue weighted by Gasteiger charge is 2.40. The number of hydrogen-bond acceptors (Lipinski definition) is 5. The first-order chi connectivity index (χ1) is 13.6. The number of nitrogens with one attached hydrogen (secondary N) is 1. The van der Waals surface area contributed by atoms with Crippen LogP contribution in [0.3, 0.4) is 0 Å². The van der Waals surface area contributed by atoms with Crippen molar-refractivity contribution in [1.82, 2.24) is 15.2 Å². The first-order valence-electron chi connectivity index (χ1n) is 8.91. The summed E-state index contributed by atoms with van der Waals surface area (Å²) in [4.78, 5) is 17.2. The molecule has 2 atom stereocenters. The summed E-state index contributed by atoms with van der Waals surface area (Å²) in [5.74, 6) is 1.30. The van der Waals surface area contributed by atoms with Gasteiger partial charge in [-0.2, -0.15) is 0 Å². The highest BCUT2D eigenvalue weighted by atomic mass is 32.1. The number of nitro groups is 1. The van der Waals surface area contributed by atoms with Crippen LogP contribution in [0.1, 0.15) is 30.5 Å². The molecule has 0 bridgehead atoms. The Morgan fingerprint density at radius 2 is 2.11 bits per heavy atom. The standard InChI is InChI=1S/C20H18N4O3S/c1-2-23-19(18(22-20(23)28)15-8-3-4-11-21-15)17-10-9-16(27-17)13-6-5-7-14(12-13)24(25)26/h3-12,18-19H,2H2,1H3,(H,22,28)/t18-,19+/m1/s1. The Labute approximate surface area is 167 Å². The minimum atomic E-state index is -0.414. The van der Waals surface area contributed by atoms with E-state index >= 15 is 0 Å². The molecular formula is C20H18N4O3S. The monoisotopic (exact) mass is 394 g/mol. The lowest BCUT2D eigenvalue weighted by Gasteiger charge is -2.24. The molecule has 1 fully saturated rings. The van der Waals surface area contributed by atoms with Gasteiger partial charge in [-0.15, -0.1) is 0 Å². The fraction of sp³-hybridized carbons (Fsp3) is 0.200. The van der Waals surface area contributed by atoms with Gasteiger partial charge < -0.3 is 14.6 Å². The van der Waals surface area contributed by atoms with Crippen molar-refractivity contribution in [2.24, 2.45) is 0 Å². The van der Waals surface area contributed by atoms with Gasteiger partial charge in [0.1, 0.15) is 17.6 Å². The van der Waals surface area contributed by atoms with E-state index in [2.05, 4.69) is 15.2 Å². The molecule has 1 saturated heterocycles. The van der Waals surface area contributed by atoms with E-state index in [-0.39, 0.29) is 17.8 Å². The van der Waals surface area contributed by atoms with E-state index < -0.39 is 4.92 Å². The zero-order valence-electron chi connectivity index (χ0n) is 15.1. The van der Waals surface area contributed by atoms with Gasteiger partial charge in [0, 0.05) is 30.4 Å². The quantitative estimate of drug-likeness (QED) is 0.393. The summed E-state index contributed by atoms with van der Waals surface area (Å²) >= 11 is 5.51. The first kappa shape index (κ1) is 18.1. The SMILES string of the molecule is CCN1C(=S)N[C@H](c2ccccn2)[C@@H]1c1ccc(-c2cccc([N+](=O)[O-])c2)o1. The van der Waals surface area contributed by atoms with Crippen molar-refractivity contribution in [2.45, 2.75) is 19.0 Å². The van der Waals surface area contributed by atoms with Crippen LogP contribution in [0.5, 0.6) is 0 Å². The maximum absolute atomic E-state index is 11.1. The lowest BCUT2D eigenvalue weighted by molar-refractivity contribution is -0.384. The number of nitro benzene ring substituents is 1. The number of nitrogens with zero attached hydrogens (tertiary/aromatic N) is 3. The second-order valence-corrected chi connectivity index (χ2v) is 6.81. The molecule has 0 aliphatic carbocycles. The van der Waals surface area contributed by atoms with Gasteiger partial charge in [-0.05, 0) is 43.4 Å². The predicted octanol–water partition coefficient (Wildman–Crippen LogP) is 4.24. The second-order valence-electron chi connectivity index (χ2n) is 6.42. The zero-order valence-corrected chi connectivity index (χ0v) is 15.9. The summed E-state index contributed by atoms with van der Waals surface area (Å²) in [7, 11) is 0. The van der Waals surface area contributed by atoms with Gasteiger partial charge in [-0.1, -0.05) is 18.2 Å². The summed E-state index contributed by atoms with van der Waals surface area (Å²) < 4.78 is 6.13. The number of thiocarbonyl (C=S) groups is 1. The highest BCUT2D eigenvalue weighted by molar-refractivity contribution is 7.80. The Morgan fingerprint density at radius 3 is 2.82 bits per heavy atom. The fourth-order valence-corrected chi connectivity index (χ4v) is 3.86. The normalized spacial score (nSPS) is 18.9. The van der Waals surface area contributed by atoms with E-state index in [9.17, 15) is 10.1 Å². The number of furan rings is 1. The van der Waals surface area contributed by atoms with Gasteiger partial charge in [0.2, 0.25) is 0 Å². The van der Waals surface area contributed by atoms with Crippen LogP contribution >= 0.6 is 12.2 Å². The van der Waals surface area contributed by atoms with E-state index in [4.69, 9.17) is 16.6 Å². The Balaban J connectivity index is 1.72. The van der Waals surface area contributed by atoms with Crippen LogP contribution in [-0.4, -0.2) is 26.5 Å². The molecule has 0 radical (unpaired) electrons. The summed E-state index contributed by atoms with van der Waals surface area (Å²) in [6.45, 7) is 2.75. The van der Waals surface area contributed by atoms with Crippen LogP contribution < -0.4 is 5.32 Å². The summed E-state index contributed by atoms with van der Waals surface area (Å²) in [6.07, 6.45) is 1.75. The van der Waals surface area contributed by atoms with Crippen molar-refractivity contribution in [1.29, 1.82) is 0 Å². The molecule has 0 amide bonds. The predicted molar refractivity (Wildman–Crippen MR) is 109 cm³/mol. The molecule has 3 heterocycles. The third-order valence-electron chi connectivity index (χ3n) is 4.80. The molecule has 1 aliphatic heterocycles. The van der Waals surface area contributed by atoms with Crippen LogP contribution in [0.4, 0.5) is 5.69 Å². The Morgan fingerprint density at radius 1 is 1.25 bits per heavy atom. The lowest BCUT2D eigenvalue weighted by Crippen LogP contribution is -2.29. The maximum Gasteiger partial charge on any atom is 0.270 e. The molecule has 0 unspecified atom stereocenters. The average molecular weight is 394 g/mol. The molecule has 3 aromatic rings. The van der Waals surface area contributed by atoms with Crippen molar-refractivity contribution in [2.75, 3.05) is 6.54 Å². The smallest absolute Gasteiger partial charge is 0.270 e. The van der Waals surface area contributed by atoms with Crippen molar-refractivity contribution in [3.05, 3.63) is 82.4 Å². The van der Waals surface area contributed by atoms with E-state index in [0.717, 1.165) is 11.5 Å². The summed E-state index contributed by atoms with van der Waals surface area (Å²) in [5, 5.41) is 15.0. The van der Waals surface area contributed by atoms with E-state index in [1.165, 1.54) is 12.1 Å². The Hall–Kier alpha value is -3.26. The van der Waals surface area contributed by atoms with Gasteiger partial charge in [0.25, 0.3) is 5.69 Å². The van der Waals surface area contributed by atoms with Gasteiger partial charge in [-0.25, -0.2) is 0 Å². The Kier molecular flexibility index (Phi) is 4.79. The van der Waals surface area contributed by atoms with Gasteiger partial charge in [-0.3, -0.25) is 15.1 Å². The fourth-order valence-electron chi connectivity index (χ4n) is 3.49. The maximum atomic E-state index is 11.1. The zero-order chi connectivity index (χ0) is 19.7. The first-order valence-corrected chi connectivity index (χ1v) is 9.32. The van der Waals surface area contributed by atoms with Crippen LogP contribution in [0.25, 0.3) is 11.3 Å². The molecule has 28 heavy (non-hydrogen) atoms. The molecule has 8 heteroatoms. The number of non-ortho nitro benzene ring substituents is 1. The van der Waals surface area contributed by atoms with Crippen molar-refractivity contribution in [3.63, 3.8) is 0 Å². The molecule has 2 aromatic heterocycles. The molecular weight excluding hydrogens is 376 g/mol. The molecule has 0 spiro atoms. The molecule has 1 aliphatic rings. The van der Waals surface area contributed by atoms with E-state index in [0.29, 0.717) is 23.0 Å². The number of benzene rings is 1. The highest BCUT2D eigenvalue weighted by Crippen LogP contribution is 2.40. The second kappa shape index (κ2) is 7.40. The van der Waals surface area contributed by atoms with Crippen LogP contribution in [0.15, 0.2) is 65.2 Å². The minimum Gasteiger partial charge on any atom is -0.459 e. The largest absolute Gasteiger partial charge is 0.459 e. The molecule has 1 N–H and O–H groups in total. The molecule has 0 saturated carbocycles. The van der Waals surface area contributed by atoms with Crippen molar-refractivity contribution in [3.8, 4) is 11.3 Å². The number of hydrogen-bond donors (Lipinski definition) is 1. The van der Waals surface area contributed by atoms with Crippen LogP contribution in [0, 0.1) is 10.1 Å².